The molecule has 0 spiro atoms. The maximum atomic E-state index is 5.80. The van der Waals surface area contributed by atoms with E-state index in [1.165, 1.54) is 56.1 Å². The van der Waals surface area contributed by atoms with E-state index in [1.54, 1.807) is 0 Å². The Labute approximate surface area is 130 Å². The van der Waals surface area contributed by atoms with Crippen LogP contribution in [0.1, 0.15) is 75.8 Å². The molecule has 21 heavy (non-hydrogen) atoms. The van der Waals surface area contributed by atoms with Crippen molar-refractivity contribution in [3.8, 4) is 0 Å². The van der Waals surface area contributed by atoms with Crippen molar-refractivity contribution in [2.24, 2.45) is 11.8 Å². The van der Waals surface area contributed by atoms with E-state index in [2.05, 4.69) is 43.5 Å². The van der Waals surface area contributed by atoms with Crippen LogP contribution in [-0.2, 0) is 6.42 Å². The number of nitrogens with two attached hydrogens (primary N) is 1. The van der Waals surface area contributed by atoms with Gasteiger partial charge in [-0.25, -0.2) is 0 Å². The minimum atomic E-state index is 0.415. The van der Waals surface area contributed by atoms with Gasteiger partial charge in [-0.3, -0.25) is 11.3 Å². The first-order chi connectivity index (χ1) is 10.2. The lowest BCUT2D eigenvalue weighted by Crippen LogP contribution is -2.38. The smallest absolute Gasteiger partial charge is 0.0253 e. The van der Waals surface area contributed by atoms with Gasteiger partial charge in [0, 0.05) is 6.04 Å². The molecule has 0 aromatic heterocycles. The van der Waals surface area contributed by atoms with Crippen molar-refractivity contribution in [1.82, 2.24) is 5.43 Å². The first-order valence-corrected chi connectivity index (χ1v) is 8.74. The van der Waals surface area contributed by atoms with E-state index in [0.29, 0.717) is 12.0 Å². The summed E-state index contributed by atoms with van der Waals surface area (Å²) in [5.41, 5.74) is 5.87. The van der Waals surface area contributed by atoms with Gasteiger partial charge in [0.1, 0.15) is 0 Å². The minimum absolute atomic E-state index is 0.415. The van der Waals surface area contributed by atoms with Gasteiger partial charge < -0.3 is 0 Å². The average Bonchev–Trinajstić information content (AvgIpc) is 2.75. The summed E-state index contributed by atoms with van der Waals surface area (Å²) < 4.78 is 0. The fourth-order valence-electron chi connectivity index (χ4n) is 3.54. The van der Waals surface area contributed by atoms with Gasteiger partial charge in [-0.15, -0.1) is 0 Å². The molecule has 2 nitrogen and oxygen atoms in total. The molecular formula is C19H32N2. The number of hydrogen-bond donors (Lipinski definition) is 2. The van der Waals surface area contributed by atoms with Crippen LogP contribution in [-0.4, -0.2) is 6.04 Å². The Hall–Kier alpha value is -0.860. The van der Waals surface area contributed by atoms with Gasteiger partial charge in [-0.2, -0.15) is 0 Å². The molecule has 0 bridgehead atoms. The third-order valence-electron chi connectivity index (χ3n) is 4.96. The zero-order chi connectivity index (χ0) is 15.1. The number of rotatable bonds is 6. The predicted octanol–water partition coefficient (Wildman–Crippen LogP) is 4.54. The summed E-state index contributed by atoms with van der Waals surface area (Å²) in [7, 11) is 0. The van der Waals surface area contributed by atoms with E-state index in [1.807, 2.05) is 0 Å². The highest BCUT2D eigenvalue weighted by molar-refractivity contribution is 5.25. The second-order valence-corrected chi connectivity index (χ2v) is 7.06. The highest BCUT2D eigenvalue weighted by atomic mass is 15.2. The lowest BCUT2D eigenvalue weighted by Gasteiger charge is -2.22. The van der Waals surface area contributed by atoms with Crippen LogP contribution in [0.25, 0.3) is 0 Å². The summed E-state index contributed by atoms with van der Waals surface area (Å²) in [5.74, 6) is 7.27. The number of hydrogen-bond acceptors (Lipinski definition) is 2. The fraction of sp³-hybridized carbons (Fsp3) is 0.684. The van der Waals surface area contributed by atoms with Gasteiger partial charge in [0.2, 0.25) is 0 Å². The van der Waals surface area contributed by atoms with Crippen molar-refractivity contribution < 1.29 is 0 Å². The van der Waals surface area contributed by atoms with Crippen molar-refractivity contribution in [3.63, 3.8) is 0 Å². The van der Waals surface area contributed by atoms with Gasteiger partial charge in [-0.1, -0.05) is 76.6 Å². The van der Waals surface area contributed by atoms with Crippen LogP contribution in [0.5, 0.6) is 0 Å². The van der Waals surface area contributed by atoms with Gasteiger partial charge in [0.15, 0.2) is 0 Å². The Morgan fingerprint density at radius 3 is 2.19 bits per heavy atom. The first kappa shape index (κ1) is 16.5. The Morgan fingerprint density at radius 2 is 1.67 bits per heavy atom. The molecule has 1 aliphatic carbocycles. The first-order valence-electron chi connectivity index (χ1n) is 8.74. The van der Waals surface area contributed by atoms with Gasteiger partial charge >= 0.3 is 0 Å². The Bertz CT molecular complexity index is 389. The van der Waals surface area contributed by atoms with Gasteiger partial charge in [0.05, 0.1) is 0 Å². The molecule has 1 aliphatic rings. The average molecular weight is 288 g/mol. The van der Waals surface area contributed by atoms with Crippen LogP contribution in [0.2, 0.25) is 0 Å². The lowest BCUT2D eigenvalue weighted by molar-refractivity contribution is 0.352. The monoisotopic (exact) mass is 288 g/mol. The zero-order valence-corrected chi connectivity index (χ0v) is 13.8. The largest absolute Gasteiger partial charge is 0.271 e. The summed E-state index contributed by atoms with van der Waals surface area (Å²) >= 11 is 0. The van der Waals surface area contributed by atoms with Crippen molar-refractivity contribution >= 4 is 0 Å². The van der Waals surface area contributed by atoms with Crippen LogP contribution in [0.4, 0.5) is 0 Å². The van der Waals surface area contributed by atoms with Crippen molar-refractivity contribution in [2.75, 3.05) is 0 Å². The number of hydrazine groups is 1. The molecule has 0 radical (unpaired) electrons. The molecule has 1 aromatic carbocycles. The summed E-state index contributed by atoms with van der Waals surface area (Å²) in [6.45, 7) is 4.48. The SMILES string of the molecule is CC(C)c1ccc(CC(CC2CCCCCC2)NN)cc1. The van der Waals surface area contributed by atoms with Crippen LogP contribution in [0, 0.1) is 5.92 Å². The van der Waals surface area contributed by atoms with Crippen LogP contribution in [0.15, 0.2) is 24.3 Å². The maximum absolute atomic E-state index is 5.80. The molecule has 1 saturated carbocycles. The molecule has 1 aromatic rings. The van der Waals surface area contributed by atoms with E-state index in [0.717, 1.165) is 12.3 Å². The van der Waals surface area contributed by atoms with E-state index in [-0.39, 0.29) is 0 Å². The zero-order valence-electron chi connectivity index (χ0n) is 13.8. The summed E-state index contributed by atoms with van der Waals surface area (Å²) in [6.07, 6.45) is 10.7. The van der Waals surface area contributed by atoms with Gasteiger partial charge in [-0.05, 0) is 35.8 Å². The number of benzene rings is 1. The molecule has 1 atom stereocenters. The molecule has 2 heteroatoms. The van der Waals surface area contributed by atoms with Crippen molar-refractivity contribution in [3.05, 3.63) is 35.4 Å². The molecule has 118 valence electrons. The van der Waals surface area contributed by atoms with E-state index in [9.17, 15) is 0 Å². The van der Waals surface area contributed by atoms with E-state index < -0.39 is 0 Å². The molecule has 1 fully saturated rings. The Kier molecular flexibility index (Phi) is 6.72. The second kappa shape index (κ2) is 8.55. The van der Waals surface area contributed by atoms with Crippen molar-refractivity contribution in [1.29, 1.82) is 0 Å². The van der Waals surface area contributed by atoms with E-state index >= 15 is 0 Å². The Morgan fingerprint density at radius 1 is 1.05 bits per heavy atom. The van der Waals surface area contributed by atoms with Crippen molar-refractivity contribution in [2.45, 2.75) is 77.2 Å². The maximum Gasteiger partial charge on any atom is 0.0253 e. The normalized spacial score (nSPS) is 18.7. The molecule has 2 rings (SSSR count). The minimum Gasteiger partial charge on any atom is -0.271 e. The molecule has 0 amide bonds. The fourth-order valence-corrected chi connectivity index (χ4v) is 3.54. The summed E-state index contributed by atoms with van der Waals surface area (Å²) in [5, 5.41) is 0. The number of nitrogens with one attached hydrogen (secondary N) is 1. The summed E-state index contributed by atoms with van der Waals surface area (Å²) in [4.78, 5) is 0. The highest BCUT2D eigenvalue weighted by Crippen LogP contribution is 2.27. The van der Waals surface area contributed by atoms with Gasteiger partial charge in [0.25, 0.3) is 0 Å². The van der Waals surface area contributed by atoms with Crippen LogP contribution >= 0.6 is 0 Å². The lowest BCUT2D eigenvalue weighted by atomic mass is 9.90. The topological polar surface area (TPSA) is 38.0 Å². The molecule has 0 saturated heterocycles. The third kappa shape index (κ3) is 5.44. The molecule has 0 aliphatic heterocycles. The third-order valence-corrected chi connectivity index (χ3v) is 4.96. The molecule has 3 N–H and O–H groups in total. The quantitative estimate of drug-likeness (QED) is 0.458. The molecule has 0 heterocycles. The predicted molar refractivity (Wildman–Crippen MR) is 91.2 cm³/mol. The highest BCUT2D eigenvalue weighted by Gasteiger charge is 2.17. The van der Waals surface area contributed by atoms with E-state index in [4.69, 9.17) is 5.84 Å². The Balaban J connectivity index is 1.88. The van der Waals surface area contributed by atoms with Crippen LogP contribution in [0.3, 0.4) is 0 Å². The molecular weight excluding hydrogens is 256 g/mol. The van der Waals surface area contributed by atoms with Crippen LogP contribution < -0.4 is 11.3 Å². The summed E-state index contributed by atoms with van der Waals surface area (Å²) in [6, 6.07) is 9.48. The standard InChI is InChI=1S/C19H32N2/c1-15(2)18-11-9-17(10-12-18)14-19(21-20)13-16-7-5-3-4-6-8-16/h9-12,15-16,19,21H,3-8,13-14,20H2,1-2H3. The second-order valence-electron chi connectivity index (χ2n) is 7.06. The molecule has 1 unspecified atom stereocenters.